The summed E-state index contributed by atoms with van der Waals surface area (Å²) in [5.41, 5.74) is 1.61. The van der Waals surface area contributed by atoms with Gasteiger partial charge in [-0.25, -0.2) is 14.2 Å². The maximum absolute atomic E-state index is 14.8. The minimum absolute atomic E-state index is 0.0473. The third-order valence-electron chi connectivity index (χ3n) is 5.14. The number of aromatic nitrogens is 3. The zero-order valence-corrected chi connectivity index (χ0v) is 18.3. The van der Waals surface area contributed by atoms with Gasteiger partial charge in [0.05, 0.1) is 23.0 Å². The Morgan fingerprint density at radius 1 is 1.31 bits per heavy atom. The second-order valence-corrected chi connectivity index (χ2v) is 8.08. The van der Waals surface area contributed by atoms with Crippen molar-refractivity contribution in [3.8, 4) is 6.07 Å². The molecule has 0 aliphatic carbocycles. The predicted octanol–water partition coefficient (Wildman–Crippen LogP) is 4.21. The lowest BCUT2D eigenvalue weighted by molar-refractivity contribution is 0.188. The molecule has 0 saturated carbocycles. The summed E-state index contributed by atoms with van der Waals surface area (Å²) in [6, 6.07) is 7.76. The van der Waals surface area contributed by atoms with Crippen LogP contribution in [0.5, 0.6) is 0 Å². The van der Waals surface area contributed by atoms with Gasteiger partial charge in [-0.15, -0.1) is 0 Å². The van der Waals surface area contributed by atoms with E-state index in [1.165, 1.54) is 0 Å². The van der Waals surface area contributed by atoms with Crippen LogP contribution >= 0.6 is 0 Å². The molecule has 0 spiro atoms. The van der Waals surface area contributed by atoms with Crippen molar-refractivity contribution >= 4 is 34.3 Å². The van der Waals surface area contributed by atoms with Gasteiger partial charge >= 0.3 is 6.09 Å². The molecule has 2 aromatic heterocycles. The molecule has 1 aromatic carbocycles. The Morgan fingerprint density at radius 3 is 2.72 bits per heavy atom. The highest BCUT2D eigenvalue weighted by atomic mass is 19.1. The van der Waals surface area contributed by atoms with Crippen molar-refractivity contribution in [1.82, 2.24) is 20.1 Å². The van der Waals surface area contributed by atoms with Crippen molar-refractivity contribution < 1.29 is 14.3 Å². The third kappa shape index (κ3) is 5.06. The summed E-state index contributed by atoms with van der Waals surface area (Å²) in [5.74, 6) is -0.333. The number of hydrogen-bond acceptors (Lipinski definition) is 6. The van der Waals surface area contributed by atoms with E-state index >= 15 is 0 Å². The van der Waals surface area contributed by atoms with Crippen molar-refractivity contribution in [2.75, 3.05) is 10.6 Å². The number of hydrogen-bond donors (Lipinski definition) is 4. The molecule has 4 N–H and O–H groups in total. The number of nitriles is 1. The topological polar surface area (TPSA) is 128 Å². The summed E-state index contributed by atoms with van der Waals surface area (Å²) in [4.78, 5) is 15.4. The van der Waals surface area contributed by atoms with Crippen LogP contribution in [-0.2, 0) is 7.05 Å². The van der Waals surface area contributed by atoms with Gasteiger partial charge in [0.15, 0.2) is 17.5 Å². The van der Waals surface area contributed by atoms with Crippen LogP contribution in [0.4, 0.5) is 26.5 Å². The summed E-state index contributed by atoms with van der Waals surface area (Å²) in [5, 5.41) is 32.2. The van der Waals surface area contributed by atoms with Crippen molar-refractivity contribution in [2.24, 2.45) is 13.0 Å². The van der Waals surface area contributed by atoms with E-state index in [0.29, 0.717) is 12.1 Å². The van der Waals surface area contributed by atoms with Gasteiger partial charge in [-0.05, 0) is 37.5 Å². The van der Waals surface area contributed by atoms with E-state index in [1.54, 1.807) is 17.8 Å². The first-order valence-electron chi connectivity index (χ1n) is 10.2. The monoisotopic (exact) mass is 439 g/mol. The number of amides is 1. The number of carbonyl (C=O) groups is 1. The lowest BCUT2D eigenvalue weighted by Crippen LogP contribution is -2.45. The maximum Gasteiger partial charge on any atom is 0.404 e. The molecule has 0 bridgehead atoms. The second-order valence-electron chi connectivity index (χ2n) is 8.08. The summed E-state index contributed by atoms with van der Waals surface area (Å²) in [7, 11) is 1.83. The van der Waals surface area contributed by atoms with Crippen molar-refractivity contribution in [3.63, 3.8) is 0 Å². The highest BCUT2D eigenvalue weighted by Gasteiger charge is 2.23. The van der Waals surface area contributed by atoms with Gasteiger partial charge in [0.2, 0.25) is 0 Å². The molecule has 10 heteroatoms. The van der Waals surface area contributed by atoms with Crippen molar-refractivity contribution in [3.05, 3.63) is 41.8 Å². The number of benzene rings is 1. The number of halogens is 1. The van der Waals surface area contributed by atoms with Crippen LogP contribution in [0.3, 0.4) is 0 Å². The Kier molecular flexibility index (Phi) is 6.78. The molecule has 3 rings (SSSR count). The summed E-state index contributed by atoms with van der Waals surface area (Å²) >= 11 is 0. The van der Waals surface area contributed by atoms with Gasteiger partial charge in [0.25, 0.3) is 0 Å². The lowest BCUT2D eigenvalue weighted by atomic mass is 9.98. The van der Waals surface area contributed by atoms with Gasteiger partial charge < -0.3 is 21.1 Å². The molecule has 2 atom stereocenters. The van der Waals surface area contributed by atoms with E-state index < -0.39 is 24.0 Å². The summed E-state index contributed by atoms with van der Waals surface area (Å²) in [6.07, 6.45) is 1.12. The Bertz CT molecular complexity index is 1170. The van der Waals surface area contributed by atoms with Crippen LogP contribution < -0.4 is 16.0 Å². The molecule has 0 fully saturated rings. The van der Waals surface area contributed by atoms with Crippen LogP contribution in [0.15, 0.2) is 30.5 Å². The second kappa shape index (κ2) is 9.51. The van der Waals surface area contributed by atoms with Crippen LogP contribution in [0, 0.1) is 23.1 Å². The fourth-order valence-corrected chi connectivity index (χ4v) is 3.55. The first kappa shape index (κ1) is 22.8. The molecule has 9 nitrogen and oxygen atoms in total. The molecule has 3 aromatic rings. The average Bonchev–Trinajstić information content (AvgIpc) is 3.10. The van der Waals surface area contributed by atoms with Crippen LogP contribution in [0.25, 0.3) is 10.9 Å². The number of nitrogens with one attached hydrogen (secondary N) is 3. The third-order valence-corrected chi connectivity index (χ3v) is 5.14. The number of nitrogens with zero attached hydrogens (tertiary/aromatic N) is 4. The molecule has 0 aliphatic heterocycles. The maximum atomic E-state index is 14.8. The fourth-order valence-electron chi connectivity index (χ4n) is 3.55. The molecular formula is C22H26FN7O2. The highest BCUT2D eigenvalue weighted by Crippen LogP contribution is 2.29. The Balaban J connectivity index is 1.96. The van der Waals surface area contributed by atoms with Gasteiger partial charge in [-0.3, -0.25) is 4.68 Å². The minimum Gasteiger partial charge on any atom is -0.465 e. The molecule has 32 heavy (non-hydrogen) atoms. The van der Waals surface area contributed by atoms with Crippen molar-refractivity contribution in [1.29, 1.82) is 5.26 Å². The number of carboxylic acid groups (broad SMARTS) is 1. The molecule has 2 heterocycles. The summed E-state index contributed by atoms with van der Waals surface area (Å²) in [6.45, 7) is 5.69. The molecule has 168 valence electrons. The lowest BCUT2D eigenvalue weighted by Gasteiger charge is -2.27. The molecule has 0 radical (unpaired) electrons. The van der Waals surface area contributed by atoms with Gasteiger partial charge in [-0.2, -0.15) is 10.4 Å². The quantitative estimate of drug-likeness (QED) is 0.414. The van der Waals surface area contributed by atoms with Crippen LogP contribution in [0.1, 0.15) is 32.8 Å². The van der Waals surface area contributed by atoms with Gasteiger partial charge in [0, 0.05) is 24.5 Å². The highest BCUT2D eigenvalue weighted by molar-refractivity contribution is 5.93. The predicted molar refractivity (Wildman–Crippen MR) is 120 cm³/mol. The van der Waals surface area contributed by atoms with Crippen LogP contribution in [0.2, 0.25) is 0 Å². The Hall–Kier alpha value is -3.87. The van der Waals surface area contributed by atoms with Crippen molar-refractivity contribution in [2.45, 2.75) is 39.3 Å². The Labute approximate surface area is 185 Å². The molecular weight excluding hydrogens is 413 g/mol. The van der Waals surface area contributed by atoms with E-state index in [9.17, 15) is 14.4 Å². The summed E-state index contributed by atoms with van der Waals surface area (Å²) < 4.78 is 16.5. The van der Waals surface area contributed by atoms with E-state index in [0.717, 1.165) is 17.0 Å². The molecule has 1 amide bonds. The molecule has 0 aliphatic rings. The number of fused-ring (bicyclic) bond motifs is 1. The largest absolute Gasteiger partial charge is 0.465 e. The SMILES string of the molecule is CC(C)C[C@@H](Nc1nc(Nc2cccc3c2cnn3C)c(C#N)cc1F)[C@H](C)NC(=O)O. The van der Waals surface area contributed by atoms with Gasteiger partial charge in [0.1, 0.15) is 6.07 Å². The zero-order chi connectivity index (χ0) is 23.4. The first-order chi connectivity index (χ1) is 15.2. The molecule has 0 unspecified atom stereocenters. The van der Waals surface area contributed by atoms with E-state index in [4.69, 9.17) is 5.11 Å². The number of anilines is 3. The number of aryl methyl sites for hydroxylation is 1. The van der Waals surface area contributed by atoms with E-state index in [2.05, 4.69) is 26.0 Å². The average molecular weight is 439 g/mol. The fraction of sp³-hybridized carbons (Fsp3) is 0.364. The number of rotatable bonds is 8. The van der Waals surface area contributed by atoms with Gasteiger partial charge in [-0.1, -0.05) is 19.9 Å². The Morgan fingerprint density at radius 2 is 2.06 bits per heavy atom. The smallest absolute Gasteiger partial charge is 0.404 e. The molecule has 0 saturated heterocycles. The van der Waals surface area contributed by atoms with Crippen LogP contribution in [-0.4, -0.2) is 38.0 Å². The van der Waals surface area contributed by atoms with E-state index in [-0.39, 0.29) is 23.1 Å². The zero-order valence-electron chi connectivity index (χ0n) is 18.3. The van der Waals surface area contributed by atoms with E-state index in [1.807, 2.05) is 45.2 Å². The number of pyridine rings is 1. The first-order valence-corrected chi connectivity index (χ1v) is 10.2. The minimum atomic E-state index is -1.16. The standard InChI is InChI=1S/C22H26FN7O2/c1-12(2)8-18(13(3)26-22(31)32)28-21-16(23)9-14(10-24)20(29-21)27-17-6-5-7-19-15(17)11-25-30(19)4/h5-7,9,11-13,18,26H,8H2,1-4H3,(H,31,32)(H2,27,28,29)/t13-,18+/m0/s1. The normalized spacial score (nSPS) is 12.9.